The first-order valence-electron chi connectivity index (χ1n) is 9.88. The minimum absolute atomic E-state index is 0.265. The van der Waals surface area contributed by atoms with Crippen LogP contribution in [0, 0.1) is 40.4 Å². The maximum absolute atomic E-state index is 12.2. The van der Waals surface area contributed by atoms with E-state index in [1.807, 2.05) is 6.92 Å². The van der Waals surface area contributed by atoms with Crippen molar-refractivity contribution in [1.82, 2.24) is 0 Å². The van der Waals surface area contributed by atoms with Crippen molar-refractivity contribution in [1.29, 1.82) is 0 Å². The van der Waals surface area contributed by atoms with Gasteiger partial charge in [0.25, 0.3) is 0 Å². The average molecular weight is 316 g/mol. The molecule has 2 heteroatoms. The fourth-order valence-corrected chi connectivity index (χ4v) is 7.71. The van der Waals surface area contributed by atoms with Crippen molar-refractivity contribution in [3.63, 3.8) is 0 Å². The monoisotopic (exact) mass is 316 g/mol. The van der Waals surface area contributed by atoms with Crippen molar-refractivity contribution in [3.8, 4) is 0 Å². The van der Waals surface area contributed by atoms with E-state index in [2.05, 4.69) is 13.8 Å². The molecule has 0 aromatic rings. The van der Waals surface area contributed by atoms with Gasteiger partial charge in [-0.2, -0.15) is 0 Å². The number of hydrogen-bond donors (Lipinski definition) is 0. The van der Waals surface area contributed by atoms with E-state index in [1.165, 1.54) is 32.1 Å². The van der Waals surface area contributed by atoms with Crippen LogP contribution in [0.4, 0.5) is 0 Å². The van der Waals surface area contributed by atoms with Crippen molar-refractivity contribution in [2.24, 2.45) is 40.4 Å². The van der Waals surface area contributed by atoms with E-state index in [4.69, 9.17) is 0 Å². The van der Waals surface area contributed by atoms with Crippen molar-refractivity contribution in [2.45, 2.75) is 78.6 Å². The Balaban J connectivity index is 1.63. The Kier molecular flexibility index (Phi) is 3.56. The van der Waals surface area contributed by atoms with Crippen molar-refractivity contribution < 1.29 is 9.59 Å². The van der Waals surface area contributed by atoms with Crippen molar-refractivity contribution in [3.05, 3.63) is 0 Å². The van der Waals surface area contributed by atoms with Crippen LogP contribution in [0.25, 0.3) is 0 Å². The molecule has 0 amide bonds. The van der Waals surface area contributed by atoms with Gasteiger partial charge in [0, 0.05) is 18.8 Å². The molecular weight excluding hydrogens is 284 g/mol. The molecule has 0 radical (unpaired) electrons. The smallest absolute Gasteiger partial charge is 0.133 e. The minimum Gasteiger partial charge on any atom is -0.300 e. The topological polar surface area (TPSA) is 34.1 Å². The standard InChI is InChI=1S/C21H32O2/c1-13(22)17-6-7-18-16-5-4-14-12-15(23)8-10-20(14,2)19(16)9-11-21(17,18)3/h14,16-19H,4-12H2,1-3H3/t14-,16+,17-,18+,19-,20-,21+/m1/s1. The summed E-state index contributed by atoms with van der Waals surface area (Å²) in [5.74, 6) is 4.25. The Labute approximate surface area is 140 Å². The number of Topliss-reactive ketones (excluding diaryl/α,β-unsaturated/α-hetero) is 2. The zero-order valence-electron chi connectivity index (χ0n) is 15.1. The number of carbonyl (C=O) groups excluding carboxylic acids is 2. The number of fused-ring (bicyclic) bond motifs is 5. The van der Waals surface area contributed by atoms with Gasteiger partial charge in [0.1, 0.15) is 11.6 Å². The van der Waals surface area contributed by atoms with Crippen LogP contribution < -0.4 is 0 Å². The molecule has 23 heavy (non-hydrogen) atoms. The lowest BCUT2D eigenvalue weighted by Gasteiger charge is -2.60. The van der Waals surface area contributed by atoms with E-state index >= 15 is 0 Å². The Morgan fingerprint density at radius 2 is 1.70 bits per heavy atom. The third-order valence-electron chi connectivity index (χ3n) is 8.97. The second-order valence-electron chi connectivity index (χ2n) is 9.68. The molecule has 0 saturated heterocycles. The molecule has 2 nitrogen and oxygen atoms in total. The Bertz CT molecular complexity index is 538. The lowest BCUT2D eigenvalue weighted by Crippen LogP contribution is -2.53. The first-order valence-corrected chi connectivity index (χ1v) is 9.88. The van der Waals surface area contributed by atoms with Crippen LogP contribution in [0.15, 0.2) is 0 Å². The quantitative estimate of drug-likeness (QED) is 0.696. The van der Waals surface area contributed by atoms with Crippen LogP contribution >= 0.6 is 0 Å². The number of carbonyl (C=O) groups is 2. The Morgan fingerprint density at radius 3 is 2.43 bits per heavy atom. The molecule has 0 aliphatic heterocycles. The highest BCUT2D eigenvalue weighted by Gasteiger charge is 2.60. The van der Waals surface area contributed by atoms with Gasteiger partial charge in [-0.1, -0.05) is 13.8 Å². The highest BCUT2D eigenvalue weighted by molar-refractivity contribution is 5.80. The maximum Gasteiger partial charge on any atom is 0.133 e. The largest absolute Gasteiger partial charge is 0.300 e. The second-order valence-corrected chi connectivity index (χ2v) is 9.68. The third kappa shape index (κ3) is 2.12. The van der Waals surface area contributed by atoms with E-state index < -0.39 is 0 Å². The first kappa shape index (κ1) is 15.8. The molecule has 4 saturated carbocycles. The number of ketones is 2. The maximum atomic E-state index is 12.2. The van der Waals surface area contributed by atoms with Crippen LogP contribution in [0.1, 0.15) is 78.6 Å². The predicted octanol–water partition coefficient (Wildman–Crippen LogP) is 4.80. The van der Waals surface area contributed by atoms with Gasteiger partial charge in [-0.25, -0.2) is 0 Å². The average Bonchev–Trinajstić information content (AvgIpc) is 2.85. The van der Waals surface area contributed by atoms with E-state index in [1.54, 1.807) is 0 Å². The summed E-state index contributed by atoms with van der Waals surface area (Å²) in [5.41, 5.74) is 0.660. The molecule has 4 aliphatic rings. The van der Waals surface area contributed by atoms with Gasteiger partial charge in [-0.05, 0) is 86.4 Å². The molecule has 4 rings (SSSR count). The summed E-state index contributed by atoms with van der Waals surface area (Å²) in [5, 5.41) is 0. The molecule has 0 N–H and O–H groups in total. The van der Waals surface area contributed by atoms with Gasteiger partial charge in [0.2, 0.25) is 0 Å². The molecule has 0 unspecified atom stereocenters. The summed E-state index contributed by atoms with van der Waals surface area (Å²) in [7, 11) is 0. The number of hydrogen-bond acceptors (Lipinski definition) is 2. The van der Waals surface area contributed by atoms with Gasteiger partial charge in [0.05, 0.1) is 0 Å². The molecule has 0 aromatic heterocycles. The minimum atomic E-state index is 0.265. The molecule has 4 aliphatic carbocycles. The molecule has 0 aromatic carbocycles. The first-order chi connectivity index (χ1) is 10.9. The summed E-state index contributed by atoms with van der Waals surface area (Å²) >= 11 is 0. The normalized spacial score (nSPS) is 52.5. The molecular formula is C21H32O2. The summed E-state index contributed by atoms with van der Waals surface area (Å²) < 4.78 is 0. The van der Waals surface area contributed by atoms with E-state index in [0.717, 1.165) is 43.4 Å². The fraction of sp³-hybridized carbons (Fsp3) is 0.905. The summed E-state index contributed by atoms with van der Waals surface area (Å²) in [6.07, 6.45) is 10.3. The van der Waals surface area contributed by atoms with Crippen LogP contribution in [0.2, 0.25) is 0 Å². The summed E-state index contributed by atoms with van der Waals surface area (Å²) in [4.78, 5) is 24.1. The highest BCUT2D eigenvalue weighted by atomic mass is 16.1. The van der Waals surface area contributed by atoms with Gasteiger partial charge in [-0.3, -0.25) is 9.59 Å². The van der Waals surface area contributed by atoms with Crippen LogP contribution in [0.5, 0.6) is 0 Å². The summed E-state index contributed by atoms with van der Waals surface area (Å²) in [6, 6.07) is 0. The zero-order chi connectivity index (χ0) is 16.4. The zero-order valence-corrected chi connectivity index (χ0v) is 15.1. The lowest BCUT2D eigenvalue weighted by molar-refractivity contribution is -0.143. The molecule has 4 fully saturated rings. The van der Waals surface area contributed by atoms with Crippen LogP contribution in [-0.4, -0.2) is 11.6 Å². The molecule has 128 valence electrons. The second kappa shape index (κ2) is 5.17. The van der Waals surface area contributed by atoms with Gasteiger partial charge >= 0.3 is 0 Å². The summed E-state index contributed by atoms with van der Waals surface area (Å²) in [6.45, 7) is 6.74. The van der Waals surface area contributed by atoms with E-state index in [9.17, 15) is 9.59 Å². The Morgan fingerprint density at radius 1 is 0.957 bits per heavy atom. The third-order valence-corrected chi connectivity index (χ3v) is 8.97. The molecule has 0 bridgehead atoms. The Hall–Kier alpha value is -0.660. The van der Waals surface area contributed by atoms with E-state index in [0.29, 0.717) is 28.8 Å². The van der Waals surface area contributed by atoms with Crippen molar-refractivity contribution >= 4 is 11.6 Å². The lowest BCUT2D eigenvalue weighted by atomic mass is 9.44. The SMILES string of the molecule is CC(=O)[C@H]1CC[C@H]2[C@@H]3CC[C@@H]4CC(=O)CC[C@@]4(C)[C@@H]3CC[C@@]12C. The van der Waals surface area contributed by atoms with Gasteiger partial charge < -0.3 is 0 Å². The molecule has 7 atom stereocenters. The van der Waals surface area contributed by atoms with Crippen molar-refractivity contribution in [2.75, 3.05) is 0 Å². The van der Waals surface area contributed by atoms with Crippen LogP contribution in [0.3, 0.4) is 0 Å². The molecule has 0 heterocycles. The predicted molar refractivity (Wildman–Crippen MR) is 90.9 cm³/mol. The van der Waals surface area contributed by atoms with E-state index in [-0.39, 0.29) is 5.41 Å². The van der Waals surface area contributed by atoms with Crippen LogP contribution in [-0.2, 0) is 9.59 Å². The molecule has 0 spiro atoms. The fourth-order valence-electron chi connectivity index (χ4n) is 7.71. The van der Waals surface area contributed by atoms with Gasteiger partial charge in [-0.15, -0.1) is 0 Å². The van der Waals surface area contributed by atoms with Gasteiger partial charge in [0.15, 0.2) is 0 Å². The highest BCUT2D eigenvalue weighted by Crippen LogP contribution is 2.67. The number of rotatable bonds is 1.